The van der Waals surface area contributed by atoms with Gasteiger partial charge in [0, 0.05) is 25.4 Å². The third-order valence-electron chi connectivity index (χ3n) is 2.21. The largest absolute Gasteiger partial charge is 0.399 e. The molecule has 1 aromatic rings. The number of aliphatic hydroxyl groups excluding tert-OH is 1. The number of ether oxygens (including phenoxy) is 1. The second-order valence-corrected chi connectivity index (χ2v) is 3.86. The van der Waals surface area contributed by atoms with E-state index in [2.05, 4.69) is 5.32 Å². The van der Waals surface area contributed by atoms with Gasteiger partial charge in [0.05, 0.1) is 12.7 Å². The zero-order chi connectivity index (χ0) is 13.4. The predicted molar refractivity (Wildman–Crippen MR) is 70.8 cm³/mol. The van der Waals surface area contributed by atoms with E-state index in [9.17, 15) is 9.90 Å². The average molecular weight is 250 g/mol. The normalized spacial score (nSPS) is 12.6. The Hall–Kier alpha value is -1.85. The smallest absolute Gasteiger partial charge is 0.244 e. The number of aliphatic hydroxyl groups is 1. The summed E-state index contributed by atoms with van der Waals surface area (Å²) in [5, 5.41) is 11.9. The van der Waals surface area contributed by atoms with Crippen molar-refractivity contribution in [1.82, 2.24) is 5.32 Å². The van der Waals surface area contributed by atoms with Gasteiger partial charge in [-0.25, -0.2) is 0 Å². The van der Waals surface area contributed by atoms with Crippen LogP contribution in [0.25, 0.3) is 6.08 Å². The fourth-order valence-electron chi connectivity index (χ4n) is 1.36. The van der Waals surface area contributed by atoms with Crippen LogP contribution in [0.1, 0.15) is 5.56 Å². The fourth-order valence-corrected chi connectivity index (χ4v) is 1.36. The van der Waals surface area contributed by atoms with Gasteiger partial charge < -0.3 is 20.9 Å². The monoisotopic (exact) mass is 250 g/mol. The maximum Gasteiger partial charge on any atom is 0.244 e. The first-order chi connectivity index (χ1) is 8.61. The molecule has 5 nitrogen and oxygen atoms in total. The number of carbonyl (C=O) groups excluding carboxylic acids is 1. The highest BCUT2D eigenvalue weighted by molar-refractivity contribution is 5.91. The lowest BCUT2D eigenvalue weighted by Gasteiger charge is -2.08. The number of nitrogen functional groups attached to an aromatic ring is 1. The number of carbonyl (C=O) groups is 1. The first-order valence-corrected chi connectivity index (χ1v) is 5.60. The molecule has 0 bridgehead atoms. The van der Waals surface area contributed by atoms with Gasteiger partial charge in [-0.15, -0.1) is 0 Å². The Bertz CT molecular complexity index is 418. The van der Waals surface area contributed by atoms with E-state index in [1.165, 1.54) is 13.2 Å². The highest BCUT2D eigenvalue weighted by Crippen LogP contribution is 2.07. The van der Waals surface area contributed by atoms with Crippen molar-refractivity contribution in [1.29, 1.82) is 0 Å². The minimum Gasteiger partial charge on any atom is -0.399 e. The van der Waals surface area contributed by atoms with Crippen LogP contribution in [-0.4, -0.2) is 37.4 Å². The molecule has 1 aromatic carbocycles. The molecular weight excluding hydrogens is 232 g/mol. The van der Waals surface area contributed by atoms with Gasteiger partial charge in [0.25, 0.3) is 0 Å². The summed E-state index contributed by atoms with van der Waals surface area (Å²) in [6.07, 6.45) is 2.36. The SMILES string of the molecule is COCC(O)CNC(=O)/C=C/c1cccc(N)c1. The molecule has 0 saturated heterocycles. The van der Waals surface area contributed by atoms with Crippen molar-refractivity contribution in [2.45, 2.75) is 6.10 Å². The van der Waals surface area contributed by atoms with E-state index in [1.807, 2.05) is 12.1 Å². The zero-order valence-corrected chi connectivity index (χ0v) is 10.3. The molecule has 0 spiro atoms. The Kier molecular flexibility index (Phi) is 5.90. The summed E-state index contributed by atoms with van der Waals surface area (Å²) in [6.45, 7) is 0.354. The third-order valence-corrected chi connectivity index (χ3v) is 2.21. The molecule has 0 aliphatic carbocycles. The van der Waals surface area contributed by atoms with Crippen LogP contribution in [0.3, 0.4) is 0 Å². The molecule has 0 saturated carbocycles. The van der Waals surface area contributed by atoms with Crippen molar-refractivity contribution in [2.24, 2.45) is 0 Å². The molecular formula is C13H18N2O3. The molecule has 0 aromatic heterocycles. The van der Waals surface area contributed by atoms with Gasteiger partial charge in [0.15, 0.2) is 0 Å². The van der Waals surface area contributed by atoms with Crippen molar-refractivity contribution < 1.29 is 14.6 Å². The average Bonchev–Trinajstić information content (AvgIpc) is 2.34. The van der Waals surface area contributed by atoms with Gasteiger partial charge in [0.2, 0.25) is 5.91 Å². The van der Waals surface area contributed by atoms with Crippen molar-refractivity contribution >= 4 is 17.7 Å². The summed E-state index contributed by atoms with van der Waals surface area (Å²) in [5.41, 5.74) is 7.11. The second-order valence-electron chi connectivity index (χ2n) is 3.86. The number of amides is 1. The maximum absolute atomic E-state index is 11.4. The number of benzene rings is 1. The Morgan fingerprint density at radius 3 is 3.06 bits per heavy atom. The van der Waals surface area contributed by atoms with Gasteiger partial charge in [0.1, 0.15) is 0 Å². The van der Waals surface area contributed by atoms with Crippen LogP contribution in [0.15, 0.2) is 30.3 Å². The fraction of sp³-hybridized carbons (Fsp3) is 0.308. The first-order valence-electron chi connectivity index (χ1n) is 5.60. The Labute approximate surface area is 106 Å². The number of methoxy groups -OCH3 is 1. The summed E-state index contributed by atoms with van der Waals surface area (Å²) in [4.78, 5) is 11.4. The Morgan fingerprint density at radius 1 is 1.61 bits per heavy atom. The van der Waals surface area contributed by atoms with Crippen LogP contribution in [0.5, 0.6) is 0 Å². The van der Waals surface area contributed by atoms with Gasteiger partial charge in [-0.2, -0.15) is 0 Å². The van der Waals surface area contributed by atoms with Crippen LogP contribution >= 0.6 is 0 Å². The lowest BCUT2D eigenvalue weighted by Crippen LogP contribution is -2.33. The van der Waals surface area contributed by atoms with Crippen molar-refractivity contribution in [3.63, 3.8) is 0 Å². The number of rotatable bonds is 6. The van der Waals surface area contributed by atoms with Crippen molar-refractivity contribution in [2.75, 3.05) is 26.0 Å². The molecule has 1 atom stereocenters. The van der Waals surface area contributed by atoms with Crippen LogP contribution < -0.4 is 11.1 Å². The number of hydrogen-bond donors (Lipinski definition) is 3. The topological polar surface area (TPSA) is 84.6 Å². The molecule has 1 amide bonds. The van der Waals surface area contributed by atoms with E-state index in [-0.39, 0.29) is 19.1 Å². The lowest BCUT2D eigenvalue weighted by molar-refractivity contribution is -0.117. The number of nitrogens with two attached hydrogens (primary N) is 1. The Morgan fingerprint density at radius 2 is 2.39 bits per heavy atom. The Balaban J connectivity index is 2.40. The molecule has 1 unspecified atom stereocenters. The third kappa shape index (κ3) is 5.47. The van der Waals surface area contributed by atoms with E-state index in [0.717, 1.165) is 5.56 Å². The van der Waals surface area contributed by atoms with Crippen LogP contribution in [0, 0.1) is 0 Å². The van der Waals surface area contributed by atoms with Gasteiger partial charge in [-0.3, -0.25) is 4.79 Å². The number of anilines is 1. The molecule has 18 heavy (non-hydrogen) atoms. The summed E-state index contributed by atoms with van der Waals surface area (Å²) in [6, 6.07) is 7.21. The highest BCUT2D eigenvalue weighted by Gasteiger charge is 2.03. The van der Waals surface area contributed by atoms with E-state index in [0.29, 0.717) is 5.69 Å². The minimum absolute atomic E-state index is 0.161. The second kappa shape index (κ2) is 7.47. The molecule has 0 radical (unpaired) electrons. The van der Waals surface area contributed by atoms with Crippen LogP contribution in [0.4, 0.5) is 5.69 Å². The van der Waals surface area contributed by atoms with Gasteiger partial charge in [-0.05, 0) is 23.8 Å². The standard InChI is InChI=1S/C13H18N2O3/c1-18-9-12(16)8-15-13(17)6-5-10-3-2-4-11(14)7-10/h2-7,12,16H,8-9,14H2,1H3,(H,15,17)/b6-5+. The molecule has 0 heterocycles. The quantitative estimate of drug-likeness (QED) is 0.504. The van der Waals surface area contributed by atoms with Gasteiger partial charge >= 0.3 is 0 Å². The molecule has 4 N–H and O–H groups in total. The number of hydrogen-bond acceptors (Lipinski definition) is 4. The molecule has 5 heteroatoms. The van der Waals surface area contributed by atoms with Crippen molar-refractivity contribution in [3.05, 3.63) is 35.9 Å². The summed E-state index contributed by atoms with van der Waals surface area (Å²) in [7, 11) is 1.49. The predicted octanol–water partition coefficient (Wildman–Crippen LogP) is 0.405. The molecule has 1 rings (SSSR count). The molecule has 98 valence electrons. The summed E-state index contributed by atoms with van der Waals surface area (Å²) < 4.78 is 4.75. The highest BCUT2D eigenvalue weighted by atomic mass is 16.5. The van der Waals surface area contributed by atoms with Gasteiger partial charge in [-0.1, -0.05) is 12.1 Å². The van der Waals surface area contributed by atoms with Crippen LogP contribution in [-0.2, 0) is 9.53 Å². The zero-order valence-electron chi connectivity index (χ0n) is 10.3. The van der Waals surface area contributed by atoms with E-state index >= 15 is 0 Å². The molecule has 0 aliphatic rings. The molecule has 0 fully saturated rings. The molecule has 0 aliphatic heterocycles. The number of nitrogens with one attached hydrogen (secondary N) is 1. The summed E-state index contributed by atoms with van der Waals surface area (Å²) >= 11 is 0. The first kappa shape index (κ1) is 14.2. The van der Waals surface area contributed by atoms with Crippen molar-refractivity contribution in [3.8, 4) is 0 Å². The maximum atomic E-state index is 11.4. The van der Waals surface area contributed by atoms with E-state index in [1.54, 1.807) is 18.2 Å². The van der Waals surface area contributed by atoms with Crippen LogP contribution in [0.2, 0.25) is 0 Å². The minimum atomic E-state index is -0.695. The van der Waals surface area contributed by atoms with E-state index in [4.69, 9.17) is 10.5 Å². The summed E-state index contributed by atoms with van der Waals surface area (Å²) in [5.74, 6) is -0.271. The van der Waals surface area contributed by atoms with E-state index < -0.39 is 6.10 Å². The lowest BCUT2D eigenvalue weighted by atomic mass is 10.2.